The Morgan fingerprint density at radius 2 is 1.82 bits per heavy atom. The molecule has 1 N–H and O–H groups in total. The predicted octanol–water partition coefficient (Wildman–Crippen LogP) is 4.85. The first-order valence-corrected chi connectivity index (χ1v) is 6.19. The van der Waals surface area contributed by atoms with E-state index < -0.39 is 11.6 Å². The van der Waals surface area contributed by atoms with E-state index in [1.807, 2.05) is 6.92 Å². The number of halogens is 3. The van der Waals surface area contributed by atoms with Crippen LogP contribution in [-0.4, -0.2) is 6.04 Å². The Hall–Kier alpha value is -0.830. The van der Waals surface area contributed by atoms with Crippen LogP contribution in [0.4, 0.5) is 14.5 Å². The molecule has 0 radical (unpaired) electrons. The van der Waals surface area contributed by atoms with Crippen LogP contribution in [0.15, 0.2) is 12.1 Å². The van der Waals surface area contributed by atoms with Crippen LogP contribution in [0.5, 0.6) is 0 Å². The van der Waals surface area contributed by atoms with E-state index in [1.54, 1.807) is 0 Å². The van der Waals surface area contributed by atoms with Crippen molar-refractivity contribution in [3.05, 3.63) is 28.8 Å². The molecule has 1 nitrogen and oxygen atoms in total. The lowest BCUT2D eigenvalue weighted by atomic mass is 10.0. The molecule has 96 valence electrons. The number of nitrogens with one attached hydrogen (secondary N) is 1. The summed E-state index contributed by atoms with van der Waals surface area (Å²) in [5.41, 5.74) is 0.185. The van der Waals surface area contributed by atoms with Gasteiger partial charge in [-0.25, -0.2) is 8.78 Å². The van der Waals surface area contributed by atoms with Crippen LogP contribution in [0.2, 0.25) is 5.02 Å². The van der Waals surface area contributed by atoms with E-state index in [4.69, 9.17) is 11.6 Å². The number of hydrogen-bond acceptors (Lipinski definition) is 1. The van der Waals surface area contributed by atoms with E-state index >= 15 is 0 Å². The molecule has 0 aliphatic rings. The zero-order chi connectivity index (χ0) is 13.0. The highest BCUT2D eigenvalue weighted by Gasteiger charge is 2.12. The first-order chi connectivity index (χ1) is 7.90. The van der Waals surface area contributed by atoms with Crippen LogP contribution in [0, 0.1) is 17.6 Å². The van der Waals surface area contributed by atoms with Gasteiger partial charge in [0.2, 0.25) is 0 Å². The summed E-state index contributed by atoms with van der Waals surface area (Å²) in [5, 5.41) is 3.07. The highest BCUT2D eigenvalue weighted by Crippen LogP contribution is 2.27. The first kappa shape index (κ1) is 14.2. The van der Waals surface area contributed by atoms with Gasteiger partial charge in [-0.15, -0.1) is 0 Å². The maximum atomic E-state index is 13.5. The minimum absolute atomic E-state index is 0.0823. The Kier molecular flexibility index (Phi) is 5.19. The normalized spacial score (nSPS) is 12.9. The van der Waals surface area contributed by atoms with Gasteiger partial charge in [-0.2, -0.15) is 0 Å². The number of benzene rings is 1. The third-order valence-electron chi connectivity index (χ3n) is 2.57. The van der Waals surface area contributed by atoms with Crippen molar-refractivity contribution in [1.29, 1.82) is 0 Å². The van der Waals surface area contributed by atoms with E-state index in [9.17, 15) is 8.78 Å². The molecule has 1 rings (SSSR count). The van der Waals surface area contributed by atoms with Gasteiger partial charge in [0.05, 0.1) is 10.7 Å². The van der Waals surface area contributed by atoms with Crippen LogP contribution >= 0.6 is 11.6 Å². The molecule has 0 bridgehead atoms. The van der Waals surface area contributed by atoms with Crippen LogP contribution in [0.1, 0.15) is 33.6 Å². The minimum Gasteiger partial charge on any atom is -0.379 e. The zero-order valence-electron chi connectivity index (χ0n) is 10.4. The molecule has 1 atom stereocenters. The Labute approximate surface area is 106 Å². The Morgan fingerprint density at radius 1 is 1.18 bits per heavy atom. The molecule has 1 unspecified atom stereocenters. The van der Waals surface area contributed by atoms with E-state index in [1.165, 1.54) is 0 Å². The highest BCUT2D eigenvalue weighted by atomic mass is 35.5. The molecule has 0 heterocycles. The third kappa shape index (κ3) is 4.50. The number of rotatable bonds is 5. The van der Waals surface area contributed by atoms with E-state index in [0.29, 0.717) is 5.92 Å². The SMILES string of the molecule is CC(C)CCC(C)Nc1c(F)cc(F)cc1Cl. The lowest BCUT2D eigenvalue weighted by molar-refractivity contribution is 0.524. The van der Waals surface area contributed by atoms with Crippen LogP contribution in [0.25, 0.3) is 0 Å². The fourth-order valence-corrected chi connectivity index (χ4v) is 1.83. The Bertz CT molecular complexity index is 357. The lowest BCUT2D eigenvalue weighted by Crippen LogP contribution is -2.17. The summed E-state index contributed by atoms with van der Waals surface area (Å²) >= 11 is 5.80. The molecule has 0 fully saturated rings. The van der Waals surface area contributed by atoms with Gasteiger partial charge >= 0.3 is 0 Å². The fraction of sp³-hybridized carbons (Fsp3) is 0.538. The van der Waals surface area contributed by atoms with Crippen molar-refractivity contribution in [1.82, 2.24) is 0 Å². The van der Waals surface area contributed by atoms with Crippen molar-refractivity contribution < 1.29 is 8.78 Å². The van der Waals surface area contributed by atoms with Gasteiger partial charge in [-0.1, -0.05) is 25.4 Å². The third-order valence-corrected chi connectivity index (χ3v) is 2.87. The maximum absolute atomic E-state index is 13.5. The summed E-state index contributed by atoms with van der Waals surface area (Å²) in [6.45, 7) is 6.23. The van der Waals surface area contributed by atoms with E-state index in [0.717, 1.165) is 25.0 Å². The van der Waals surface area contributed by atoms with E-state index in [2.05, 4.69) is 19.2 Å². The Balaban J connectivity index is 2.68. The van der Waals surface area contributed by atoms with Gasteiger partial charge in [-0.05, 0) is 31.7 Å². The van der Waals surface area contributed by atoms with Gasteiger partial charge in [0.15, 0.2) is 5.82 Å². The van der Waals surface area contributed by atoms with Crippen LogP contribution < -0.4 is 5.32 Å². The monoisotopic (exact) mass is 261 g/mol. The molecule has 17 heavy (non-hydrogen) atoms. The summed E-state index contributed by atoms with van der Waals surface area (Å²) in [7, 11) is 0. The van der Waals surface area contributed by atoms with Crippen molar-refractivity contribution >= 4 is 17.3 Å². The molecule has 0 aliphatic heterocycles. The fourth-order valence-electron chi connectivity index (χ4n) is 1.58. The quantitative estimate of drug-likeness (QED) is 0.799. The predicted molar refractivity (Wildman–Crippen MR) is 68.5 cm³/mol. The van der Waals surface area contributed by atoms with Gasteiger partial charge in [0.1, 0.15) is 5.82 Å². The molecular weight excluding hydrogens is 244 g/mol. The van der Waals surface area contributed by atoms with Gasteiger partial charge in [0.25, 0.3) is 0 Å². The topological polar surface area (TPSA) is 12.0 Å². The summed E-state index contributed by atoms with van der Waals surface area (Å²) in [5.74, 6) is -0.702. The van der Waals surface area contributed by atoms with Crippen LogP contribution in [0.3, 0.4) is 0 Å². The largest absolute Gasteiger partial charge is 0.379 e. The second kappa shape index (κ2) is 6.20. The summed E-state index contributed by atoms with van der Waals surface area (Å²) in [6.07, 6.45) is 1.97. The average molecular weight is 262 g/mol. The highest BCUT2D eigenvalue weighted by molar-refractivity contribution is 6.33. The number of anilines is 1. The molecule has 1 aromatic rings. The van der Waals surface area contributed by atoms with Crippen molar-refractivity contribution in [2.24, 2.45) is 5.92 Å². The van der Waals surface area contributed by atoms with E-state index in [-0.39, 0.29) is 16.8 Å². The molecule has 0 spiro atoms. The molecule has 0 saturated heterocycles. The first-order valence-electron chi connectivity index (χ1n) is 5.81. The summed E-state index contributed by atoms with van der Waals surface area (Å²) in [4.78, 5) is 0. The molecule has 0 aliphatic carbocycles. The summed E-state index contributed by atoms with van der Waals surface area (Å²) < 4.78 is 26.3. The summed E-state index contributed by atoms with van der Waals surface area (Å²) in [6, 6.07) is 2.06. The molecule has 0 aromatic heterocycles. The van der Waals surface area contributed by atoms with Crippen molar-refractivity contribution in [3.8, 4) is 0 Å². The smallest absolute Gasteiger partial charge is 0.150 e. The standard InChI is InChI=1S/C13H18ClF2N/c1-8(2)4-5-9(3)17-13-11(14)6-10(15)7-12(13)16/h6-9,17H,4-5H2,1-3H3. The Morgan fingerprint density at radius 3 is 2.35 bits per heavy atom. The van der Waals surface area contributed by atoms with Crippen molar-refractivity contribution in [2.75, 3.05) is 5.32 Å². The van der Waals surface area contributed by atoms with Gasteiger partial charge < -0.3 is 5.32 Å². The van der Waals surface area contributed by atoms with Crippen molar-refractivity contribution in [3.63, 3.8) is 0 Å². The molecular formula is C13H18ClF2N. The average Bonchev–Trinajstić information content (AvgIpc) is 2.20. The second-order valence-electron chi connectivity index (χ2n) is 4.76. The molecule has 0 saturated carbocycles. The maximum Gasteiger partial charge on any atom is 0.150 e. The van der Waals surface area contributed by atoms with Gasteiger partial charge in [0, 0.05) is 12.1 Å². The van der Waals surface area contributed by atoms with Crippen molar-refractivity contribution in [2.45, 2.75) is 39.7 Å². The van der Waals surface area contributed by atoms with Crippen LogP contribution in [-0.2, 0) is 0 Å². The molecule has 4 heteroatoms. The lowest BCUT2D eigenvalue weighted by Gasteiger charge is -2.17. The molecule has 1 aromatic carbocycles. The van der Waals surface area contributed by atoms with Gasteiger partial charge in [-0.3, -0.25) is 0 Å². The minimum atomic E-state index is -0.659. The second-order valence-corrected chi connectivity index (χ2v) is 5.17. The number of hydrogen-bond donors (Lipinski definition) is 1. The molecule has 0 amide bonds. The zero-order valence-corrected chi connectivity index (χ0v) is 11.1.